The number of hydrogen-bond acceptors (Lipinski definition) is 5. The van der Waals surface area contributed by atoms with Crippen molar-refractivity contribution in [2.45, 2.75) is 50.7 Å². The summed E-state index contributed by atoms with van der Waals surface area (Å²) >= 11 is 0. The van der Waals surface area contributed by atoms with Crippen LogP contribution in [0.15, 0.2) is 30.3 Å². The van der Waals surface area contributed by atoms with Crippen molar-refractivity contribution in [3.8, 4) is 0 Å². The molecule has 0 saturated heterocycles. The number of likely N-dealkylation sites (N-methyl/N-ethyl adjacent to an activating group) is 1. The lowest BCUT2D eigenvalue weighted by Crippen LogP contribution is -2.59. The van der Waals surface area contributed by atoms with Gasteiger partial charge in [-0.2, -0.15) is 0 Å². The van der Waals surface area contributed by atoms with Crippen LogP contribution in [0.25, 0.3) is 0 Å². The lowest BCUT2D eigenvalue weighted by Gasteiger charge is -2.39. The van der Waals surface area contributed by atoms with E-state index in [0.29, 0.717) is 12.8 Å². The van der Waals surface area contributed by atoms with Gasteiger partial charge in [-0.15, -0.1) is 0 Å². The van der Waals surface area contributed by atoms with E-state index in [-0.39, 0.29) is 6.54 Å². The van der Waals surface area contributed by atoms with Crippen LogP contribution in [0.5, 0.6) is 0 Å². The van der Waals surface area contributed by atoms with Gasteiger partial charge in [-0.05, 0) is 25.5 Å². The number of aliphatic hydroxyl groups excluding tert-OH is 2. The van der Waals surface area contributed by atoms with Crippen LogP contribution >= 0.6 is 0 Å². The van der Waals surface area contributed by atoms with Crippen molar-refractivity contribution in [3.05, 3.63) is 35.9 Å². The molecule has 5 N–H and O–H groups in total. The smallest absolute Gasteiger partial charge is 0.125 e. The molecular formula is C16H28N2O3. The fourth-order valence-corrected chi connectivity index (χ4v) is 2.43. The molecule has 0 aromatic heterocycles. The normalized spacial score (nSPS) is 16.8. The fourth-order valence-electron chi connectivity index (χ4n) is 2.43. The van der Waals surface area contributed by atoms with Crippen molar-refractivity contribution in [1.82, 2.24) is 4.90 Å². The number of benzene rings is 1. The minimum Gasteiger partial charge on any atom is -0.388 e. The molecule has 1 aromatic rings. The topological polar surface area (TPSA) is 90.0 Å². The minimum atomic E-state index is -1.11. The highest BCUT2D eigenvalue weighted by molar-refractivity contribution is 5.17. The summed E-state index contributed by atoms with van der Waals surface area (Å²) in [7, 11) is 1.68. The van der Waals surface area contributed by atoms with E-state index in [1.165, 1.54) is 0 Å². The highest BCUT2D eigenvalue weighted by atomic mass is 16.3. The summed E-state index contributed by atoms with van der Waals surface area (Å²) < 4.78 is 0. The Morgan fingerprint density at radius 1 is 1.14 bits per heavy atom. The molecule has 0 aliphatic carbocycles. The van der Waals surface area contributed by atoms with Gasteiger partial charge in [0.2, 0.25) is 0 Å². The third kappa shape index (κ3) is 4.49. The van der Waals surface area contributed by atoms with Gasteiger partial charge >= 0.3 is 0 Å². The Bertz CT molecular complexity index is 409. The number of aliphatic hydroxyl groups is 3. The maximum atomic E-state index is 10.4. The van der Waals surface area contributed by atoms with Gasteiger partial charge in [-0.25, -0.2) is 0 Å². The number of nitrogens with zero attached hydrogens (tertiary/aromatic N) is 1. The van der Waals surface area contributed by atoms with Crippen LogP contribution in [0, 0.1) is 0 Å². The van der Waals surface area contributed by atoms with Crippen LogP contribution < -0.4 is 5.73 Å². The quantitative estimate of drug-likeness (QED) is 0.534. The Morgan fingerprint density at radius 2 is 1.67 bits per heavy atom. The highest BCUT2D eigenvalue weighted by Gasteiger charge is 2.37. The minimum absolute atomic E-state index is 0.238. The second-order valence-electron chi connectivity index (χ2n) is 5.62. The van der Waals surface area contributed by atoms with Crippen LogP contribution in [0.1, 0.15) is 38.4 Å². The molecular weight excluding hydrogens is 268 g/mol. The van der Waals surface area contributed by atoms with Gasteiger partial charge in [0.1, 0.15) is 6.23 Å². The molecule has 3 atom stereocenters. The molecule has 0 radical (unpaired) electrons. The molecule has 0 amide bonds. The molecule has 5 heteroatoms. The van der Waals surface area contributed by atoms with Gasteiger partial charge in [0.15, 0.2) is 0 Å². The molecule has 0 heterocycles. The SMILES string of the molecule is CCC(O)(CC)[C@H](N)C(O)N(C)C[C@H](O)c1ccccc1. The van der Waals surface area contributed by atoms with Crippen molar-refractivity contribution in [2.24, 2.45) is 5.73 Å². The predicted octanol–water partition coefficient (Wildman–Crippen LogP) is 0.849. The second kappa shape index (κ2) is 7.87. The first-order valence-electron chi connectivity index (χ1n) is 7.45. The van der Waals surface area contributed by atoms with E-state index in [9.17, 15) is 15.3 Å². The van der Waals surface area contributed by atoms with Crippen LogP contribution in [0.3, 0.4) is 0 Å². The highest BCUT2D eigenvalue weighted by Crippen LogP contribution is 2.22. The Labute approximate surface area is 127 Å². The van der Waals surface area contributed by atoms with E-state index in [0.717, 1.165) is 5.56 Å². The average molecular weight is 296 g/mol. The maximum absolute atomic E-state index is 10.4. The molecule has 120 valence electrons. The van der Waals surface area contributed by atoms with Crippen LogP contribution in [-0.4, -0.2) is 51.7 Å². The summed E-state index contributed by atoms with van der Waals surface area (Å²) in [6.45, 7) is 3.92. The lowest BCUT2D eigenvalue weighted by molar-refractivity contribution is -0.0944. The van der Waals surface area contributed by atoms with Gasteiger partial charge in [0.25, 0.3) is 0 Å². The molecule has 0 spiro atoms. The fraction of sp³-hybridized carbons (Fsp3) is 0.625. The summed E-state index contributed by atoms with van der Waals surface area (Å²) in [6, 6.07) is 8.47. The summed E-state index contributed by atoms with van der Waals surface area (Å²) in [5.74, 6) is 0. The Morgan fingerprint density at radius 3 is 2.14 bits per heavy atom. The molecule has 0 aliphatic heterocycles. The zero-order valence-electron chi connectivity index (χ0n) is 13.1. The first kappa shape index (κ1) is 18.1. The van der Waals surface area contributed by atoms with Crippen molar-refractivity contribution in [3.63, 3.8) is 0 Å². The molecule has 21 heavy (non-hydrogen) atoms. The van der Waals surface area contributed by atoms with Gasteiger partial charge < -0.3 is 21.1 Å². The molecule has 0 saturated carbocycles. The molecule has 0 aliphatic rings. The van der Waals surface area contributed by atoms with E-state index in [4.69, 9.17) is 5.73 Å². The molecule has 1 unspecified atom stereocenters. The second-order valence-corrected chi connectivity index (χ2v) is 5.62. The monoisotopic (exact) mass is 296 g/mol. The molecule has 1 rings (SSSR count). The summed E-state index contributed by atoms with van der Waals surface area (Å²) in [5, 5.41) is 30.9. The number of hydrogen-bond donors (Lipinski definition) is 4. The van der Waals surface area contributed by atoms with Crippen molar-refractivity contribution in [1.29, 1.82) is 0 Å². The third-order valence-electron chi connectivity index (χ3n) is 4.26. The van der Waals surface area contributed by atoms with Crippen molar-refractivity contribution in [2.75, 3.05) is 13.6 Å². The zero-order valence-corrected chi connectivity index (χ0v) is 13.1. The van der Waals surface area contributed by atoms with Crippen LogP contribution in [0.4, 0.5) is 0 Å². The van der Waals surface area contributed by atoms with Crippen LogP contribution in [0.2, 0.25) is 0 Å². The molecule has 0 fully saturated rings. The summed E-state index contributed by atoms with van der Waals surface area (Å²) in [4.78, 5) is 1.57. The molecule has 5 nitrogen and oxygen atoms in total. The largest absolute Gasteiger partial charge is 0.388 e. The third-order valence-corrected chi connectivity index (χ3v) is 4.26. The van der Waals surface area contributed by atoms with Crippen molar-refractivity contribution < 1.29 is 15.3 Å². The van der Waals surface area contributed by atoms with E-state index >= 15 is 0 Å². The Kier molecular flexibility index (Phi) is 6.77. The van der Waals surface area contributed by atoms with E-state index in [1.54, 1.807) is 11.9 Å². The van der Waals surface area contributed by atoms with Crippen molar-refractivity contribution >= 4 is 0 Å². The average Bonchev–Trinajstić information content (AvgIpc) is 2.53. The van der Waals surface area contributed by atoms with E-state index in [1.807, 2.05) is 44.2 Å². The Hall–Kier alpha value is -0.980. The summed E-state index contributed by atoms with van der Waals surface area (Å²) in [6.07, 6.45) is -0.796. The Balaban J connectivity index is 2.68. The predicted molar refractivity (Wildman–Crippen MR) is 83.5 cm³/mol. The standard InChI is InChI=1S/C16H28N2O3/c1-4-16(21,5-2)14(17)15(20)18(3)11-13(19)12-9-7-6-8-10-12/h6-10,13-15,19-21H,4-5,11,17H2,1-3H3/t13-,14+,15?/m0/s1. The number of nitrogens with two attached hydrogens (primary N) is 1. The van der Waals surface area contributed by atoms with Crippen LogP contribution in [-0.2, 0) is 0 Å². The lowest BCUT2D eigenvalue weighted by atomic mass is 9.87. The first-order chi connectivity index (χ1) is 9.85. The van der Waals surface area contributed by atoms with Gasteiger partial charge in [0.05, 0.1) is 17.7 Å². The van der Waals surface area contributed by atoms with Gasteiger partial charge in [0, 0.05) is 6.54 Å². The van der Waals surface area contributed by atoms with E-state index < -0.39 is 24.0 Å². The van der Waals surface area contributed by atoms with Gasteiger partial charge in [-0.3, -0.25) is 4.90 Å². The summed E-state index contributed by atoms with van der Waals surface area (Å²) in [5.41, 5.74) is 5.69. The molecule has 0 bridgehead atoms. The maximum Gasteiger partial charge on any atom is 0.125 e. The van der Waals surface area contributed by atoms with E-state index in [2.05, 4.69) is 0 Å². The molecule has 1 aromatic carbocycles. The first-order valence-corrected chi connectivity index (χ1v) is 7.45. The zero-order chi connectivity index (χ0) is 16.0. The van der Waals surface area contributed by atoms with Gasteiger partial charge in [-0.1, -0.05) is 44.2 Å². The number of rotatable bonds is 8.